The molecule has 0 aliphatic heterocycles. The number of benzene rings is 1. The van der Waals surface area contributed by atoms with Crippen molar-refractivity contribution >= 4 is 5.91 Å². The third kappa shape index (κ3) is 2.45. The first-order valence-corrected chi connectivity index (χ1v) is 4.03. The van der Waals surface area contributed by atoms with Crippen LogP contribution in [0.15, 0.2) is 24.3 Å². The van der Waals surface area contributed by atoms with Gasteiger partial charge in [-0.2, -0.15) is 0 Å². The predicted molar refractivity (Wildman–Crippen MR) is 48.7 cm³/mol. The Hall–Kier alpha value is -1.59. The maximum absolute atomic E-state index is 11.3. The number of rotatable bonds is 3. The maximum Gasteiger partial charge on any atom is 0.257 e. The lowest BCUT2D eigenvalue weighted by Gasteiger charge is -2.10. The fourth-order valence-electron chi connectivity index (χ4n) is 0.940. The third-order valence-corrected chi connectivity index (χ3v) is 1.62. The summed E-state index contributed by atoms with van der Waals surface area (Å²) in [6.07, 6.45) is -1.32. The molecule has 5 heteroatoms. The summed E-state index contributed by atoms with van der Waals surface area (Å²) < 4.78 is 0. The summed E-state index contributed by atoms with van der Waals surface area (Å²) >= 11 is 0. The van der Waals surface area contributed by atoms with Crippen LogP contribution in [0.4, 0.5) is 0 Å². The standard InChI is InChI=1S/C9H11NO4/c11-5-8(13)10-9(14)6-3-1-2-4-7(6)12/h1-4,8,11-13H,5H2,(H,10,14). The SMILES string of the molecule is O=C(NC(O)CO)c1ccccc1O. The Morgan fingerprint density at radius 2 is 2.07 bits per heavy atom. The normalized spacial score (nSPS) is 12.1. The Kier molecular flexibility index (Phi) is 3.44. The van der Waals surface area contributed by atoms with Crippen LogP contribution in [0, 0.1) is 0 Å². The minimum atomic E-state index is -1.32. The number of phenolic OH excluding ortho intramolecular Hbond substituents is 1. The molecular weight excluding hydrogens is 186 g/mol. The summed E-state index contributed by atoms with van der Waals surface area (Å²) in [6, 6.07) is 5.93. The Morgan fingerprint density at radius 1 is 1.43 bits per heavy atom. The van der Waals surface area contributed by atoms with Gasteiger partial charge in [-0.3, -0.25) is 4.79 Å². The molecule has 4 N–H and O–H groups in total. The summed E-state index contributed by atoms with van der Waals surface area (Å²) in [5.74, 6) is -0.806. The highest BCUT2D eigenvalue weighted by molar-refractivity contribution is 5.96. The molecule has 1 unspecified atom stereocenters. The molecule has 0 radical (unpaired) electrons. The average Bonchev–Trinajstić information content (AvgIpc) is 2.18. The zero-order valence-electron chi connectivity index (χ0n) is 7.34. The van der Waals surface area contributed by atoms with Gasteiger partial charge in [0.1, 0.15) is 12.0 Å². The van der Waals surface area contributed by atoms with Gasteiger partial charge in [-0.15, -0.1) is 0 Å². The quantitative estimate of drug-likeness (QED) is 0.489. The van der Waals surface area contributed by atoms with Crippen molar-refractivity contribution in [2.45, 2.75) is 6.23 Å². The number of amides is 1. The van der Waals surface area contributed by atoms with Crippen LogP contribution in [0.3, 0.4) is 0 Å². The molecule has 5 nitrogen and oxygen atoms in total. The van der Waals surface area contributed by atoms with Gasteiger partial charge >= 0.3 is 0 Å². The van der Waals surface area contributed by atoms with Gasteiger partial charge in [-0.05, 0) is 12.1 Å². The summed E-state index contributed by atoms with van der Waals surface area (Å²) in [6.45, 7) is -0.570. The molecule has 1 atom stereocenters. The number of nitrogens with one attached hydrogen (secondary N) is 1. The van der Waals surface area contributed by atoms with E-state index >= 15 is 0 Å². The molecule has 76 valence electrons. The zero-order chi connectivity index (χ0) is 10.6. The molecular formula is C9H11NO4. The van der Waals surface area contributed by atoms with E-state index in [0.717, 1.165) is 0 Å². The molecule has 1 aromatic carbocycles. The molecule has 14 heavy (non-hydrogen) atoms. The molecule has 0 aromatic heterocycles. The number of hydrogen-bond acceptors (Lipinski definition) is 4. The Morgan fingerprint density at radius 3 is 2.64 bits per heavy atom. The van der Waals surface area contributed by atoms with E-state index in [2.05, 4.69) is 5.32 Å². The summed E-state index contributed by atoms with van der Waals surface area (Å²) in [5, 5.41) is 28.7. The van der Waals surface area contributed by atoms with Gasteiger partial charge in [-0.25, -0.2) is 0 Å². The van der Waals surface area contributed by atoms with E-state index in [9.17, 15) is 9.90 Å². The molecule has 0 bridgehead atoms. The number of aromatic hydroxyl groups is 1. The van der Waals surface area contributed by atoms with Crippen LogP contribution in [0.1, 0.15) is 10.4 Å². The van der Waals surface area contributed by atoms with E-state index in [1.54, 1.807) is 12.1 Å². The Balaban J connectivity index is 2.75. The lowest BCUT2D eigenvalue weighted by atomic mass is 10.2. The second-order valence-electron chi connectivity index (χ2n) is 2.69. The molecule has 1 amide bonds. The fourth-order valence-corrected chi connectivity index (χ4v) is 0.940. The first kappa shape index (κ1) is 10.5. The number of carbonyl (C=O) groups excluding carboxylic acids is 1. The van der Waals surface area contributed by atoms with E-state index < -0.39 is 18.7 Å². The van der Waals surface area contributed by atoms with Crippen LogP contribution in [-0.4, -0.2) is 34.1 Å². The van der Waals surface area contributed by atoms with Crippen molar-refractivity contribution in [1.29, 1.82) is 0 Å². The van der Waals surface area contributed by atoms with Crippen LogP contribution in [0.5, 0.6) is 5.75 Å². The highest BCUT2D eigenvalue weighted by Gasteiger charge is 2.12. The third-order valence-electron chi connectivity index (χ3n) is 1.62. The van der Waals surface area contributed by atoms with Crippen molar-refractivity contribution in [2.24, 2.45) is 0 Å². The summed E-state index contributed by atoms with van der Waals surface area (Å²) in [5.41, 5.74) is 0.0556. The highest BCUT2D eigenvalue weighted by Crippen LogP contribution is 2.14. The second kappa shape index (κ2) is 4.59. The highest BCUT2D eigenvalue weighted by atomic mass is 16.3. The van der Waals surface area contributed by atoms with E-state index in [-0.39, 0.29) is 11.3 Å². The second-order valence-corrected chi connectivity index (χ2v) is 2.69. The van der Waals surface area contributed by atoms with Gasteiger partial charge in [0.25, 0.3) is 5.91 Å². The lowest BCUT2D eigenvalue weighted by molar-refractivity contribution is 0.0547. The van der Waals surface area contributed by atoms with Crippen molar-refractivity contribution in [3.05, 3.63) is 29.8 Å². The predicted octanol–water partition coefficient (Wildman–Crippen LogP) is -0.567. The maximum atomic E-state index is 11.3. The molecule has 0 saturated heterocycles. The van der Waals surface area contributed by atoms with Gasteiger partial charge in [0, 0.05) is 0 Å². The van der Waals surface area contributed by atoms with Crippen LogP contribution >= 0.6 is 0 Å². The van der Waals surface area contributed by atoms with Crippen LogP contribution < -0.4 is 5.32 Å². The molecule has 0 spiro atoms. The van der Waals surface area contributed by atoms with E-state index in [1.165, 1.54) is 12.1 Å². The van der Waals surface area contributed by atoms with Gasteiger partial charge in [0.15, 0.2) is 0 Å². The molecule has 0 heterocycles. The van der Waals surface area contributed by atoms with Crippen molar-refractivity contribution in [3.8, 4) is 5.75 Å². The first-order valence-electron chi connectivity index (χ1n) is 4.03. The molecule has 0 saturated carbocycles. The largest absolute Gasteiger partial charge is 0.507 e. The minimum Gasteiger partial charge on any atom is -0.507 e. The first-order chi connectivity index (χ1) is 6.65. The number of hydrogen-bond donors (Lipinski definition) is 4. The Bertz CT molecular complexity index is 326. The van der Waals surface area contributed by atoms with Crippen molar-refractivity contribution in [3.63, 3.8) is 0 Å². The minimum absolute atomic E-state index is 0.0556. The van der Waals surface area contributed by atoms with Crippen LogP contribution in [-0.2, 0) is 0 Å². The average molecular weight is 197 g/mol. The number of aliphatic hydroxyl groups excluding tert-OH is 2. The zero-order valence-corrected chi connectivity index (χ0v) is 7.34. The van der Waals surface area contributed by atoms with E-state index in [0.29, 0.717) is 0 Å². The number of carbonyl (C=O) groups is 1. The monoisotopic (exact) mass is 197 g/mol. The molecule has 0 fully saturated rings. The number of para-hydroxylation sites is 1. The van der Waals surface area contributed by atoms with Gasteiger partial charge in [0.2, 0.25) is 0 Å². The summed E-state index contributed by atoms with van der Waals surface area (Å²) in [7, 11) is 0. The lowest BCUT2D eigenvalue weighted by Crippen LogP contribution is -2.37. The van der Waals surface area contributed by atoms with Gasteiger partial charge < -0.3 is 20.6 Å². The van der Waals surface area contributed by atoms with E-state index in [4.69, 9.17) is 10.2 Å². The molecule has 1 rings (SSSR count). The van der Waals surface area contributed by atoms with Crippen molar-refractivity contribution in [2.75, 3.05) is 6.61 Å². The van der Waals surface area contributed by atoms with E-state index in [1.807, 2.05) is 0 Å². The van der Waals surface area contributed by atoms with Crippen molar-refractivity contribution < 1.29 is 20.1 Å². The molecule has 0 aliphatic rings. The van der Waals surface area contributed by atoms with Crippen molar-refractivity contribution in [1.82, 2.24) is 5.32 Å². The molecule has 0 aliphatic carbocycles. The van der Waals surface area contributed by atoms with Gasteiger partial charge in [-0.1, -0.05) is 12.1 Å². The van der Waals surface area contributed by atoms with Crippen LogP contribution in [0.2, 0.25) is 0 Å². The number of aliphatic hydroxyl groups is 2. The van der Waals surface area contributed by atoms with Crippen LogP contribution in [0.25, 0.3) is 0 Å². The smallest absolute Gasteiger partial charge is 0.257 e. The topological polar surface area (TPSA) is 89.8 Å². The molecule has 1 aromatic rings. The summed E-state index contributed by atoms with van der Waals surface area (Å²) in [4.78, 5) is 11.3. The fraction of sp³-hybridized carbons (Fsp3) is 0.222. The van der Waals surface area contributed by atoms with Gasteiger partial charge in [0.05, 0.1) is 12.2 Å². The Labute approximate surface area is 80.6 Å². The number of phenols is 1.